The molecule has 52 heavy (non-hydrogen) atoms. The number of nitrogens with zero attached hydrogens (tertiary/aromatic N) is 4. The summed E-state index contributed by atoms with van der Waals surface area (Å²) in [6.45, 7) is 0. The minimum absolute atomic E-state index is 0.602. The highest BCUT2D eigenvalue weighted by Gasteiger charge is 2.23. The van der Waals surface area contributed by atoms with Crippen LogP contribution >= 0.6 is 0 Å². The van der Waals surface area contributed by atoms with Gasteiger partial charge >= 0.3 is 0 Å². The molecule has 0 saturated carbocycles. The molecule has 0 bridgehead atoms. The van der Waals surface area contributed by atoms with Crippen LogP contribution in [0.1, 0.15) is 5.56 Å². The van der Waals surface area contributed by atoms with E-state index in [4.69, 9.17) is 4.98 Å². The first-order valence-corrected chi connectivity index (χ1v) is 17.5. The molecule has 3 aromatic heterocycles. The lowest BCUT2D eigenvalue weighted by Crippen LogP contribution is -2.00. The van der Waals surface area contributed by atoms with Crippen molar-refractivity contribution in [2.75, 3.05) is 0 Å². The molecule has 0 saturated heterocycles. The molecule has 0 aliphatic heterocycles. The highest BCUT2D eigenvalue weighted by molar-refractivity contribution is 6.26. The van der Waals surface area contributed by atoms with Gasteiger partial charge in [-0.3, -0.25) is 0 Å². The number of aromatic nitrogens is 3. The second-order valence-electron chi connectivity index (χ2n) is 13.1. The van der Waals surface area contributed by atoms with E-state index in [1.54, 1.807) is 0 Å². The van der Waals surface area contributed by atoms with Gasteiger partial charge in [0.15, 0.2) is 0 Å². The summed E-state index contributed by atoms with van der Waals surface area (Å²) in [4.78, 5) is 5.17. The van der Waals surface area contributed by atoms with Gasteiger partial charge in [0.2, 0.25) is 0 Å². The van der Waals surface area contributed by atoms with Crippen molar-refractivity contribution in [3.8, 4) is 51.1 Å². The van der Waals surface area contributed by atoms with E-state index >= 15 is 0 Å². The van der Waals surface area contributed by atoms with Gasteiger partial charge in [-0.05, 0) is 66.2 Å². The lowest BCUT2D eigenvalue weighted by atomic mass is 9.97. The average molecular weight is 663 g/mol. The van der Waals surface area contributed by atoms with Gasteiger partial charge in [0.05, 0.1) is 50.8 Å². The van der Waals surface area contributed by atoms with Gasteiger partial charge in [0.25, 0.3) is 0 Å². The van der Waals surface area contributed by atoms with Crippen molar-refractivity contribution in [1.82, 2.24) is 14.1 Å². The lowest BCUT2D eigenvalue weighted by Gasteiger charge is -2.17. The van der Waals surface area contributed by atoms with E-state index in [1.165, 1.54) is 21.5 Å². The highest BCUT2D eigenvalue weighted by atomic mass is 15.0. The van der Waals surface area contributed by atoms with Gasteiger partial charge in [0, 0.05) is 43.9 Å². The maximum absolute atomic E-state index is 10.2. The third-order valence-electron chi connectivity index (χ3n) is 10.1. The molecule has 3 heterocycles. The topological polar surface area (TPSA) is 46.5 Å². The number of pyridine rings is 1. The first kappa shape index (κ1) is 29.7. The number of hydrogen-bond acceptors (Lipinski definition) is 2. The van der Waals surface area contributed by atoms with Gasteiger partial charge in [0.1, 0.15) is 0 Å². The fraction of sp³-hybridized carbons (Fsp3) is 0. The predicted molar refractivity (Wildman–Crippen MR) is 214 cm³/mol. The molecule has 4 heteroatoms. The Balaban J connectivity index is 1.34. The molecule has 10 aromatic rings. The summed E-state index contributed by atoms with van der Waals surface area (Å²) in [6.07, 6.45) is 0. The monoisotopic (exact) mass is 662 g/mol. The third kappa shape index (κ3) is 4.65. The van der Waals surface area contributed by atoms with Crippen LogP contribution in [0.4, 0.5) is 0 Å². The molecule has 10 rings (SSSR count). The molecule has 242 valence electrons. The van der Waals surface area contributed by atoms with E-state index in [-0.39, 0.29) is 0 Å². The van der Waals surface area contributed by atoms with Crippen molar-refractivity contribution >= 4 is 43.6 Å². The number of rotatable bonds is 5. The number of para-hydroxylation sites is 3. The molecule has 0 aliphatic rings. The quantitative estimate of drug-likeness (QED) is 0.184. The van der Waals surface area contributed by atoms with Crippen LogP contribution in [0.25, 0.3) is 88.6 Å². The van der Waals surface area contributed by atoms with Crippen LogP contribution in [0, 0.1) is 11.3 Å². The summed E-state index contributed by atoms with van der Waals surface area (Å²) in [6, 6.07) is 65.9. The largest absolute Gasteiger partial charge is 0.309 e. The fourth-order valence-electron chi connectivity index (χ4n) is 7.85. The Labute approximate surface area is 300 Å². The number of nitriles is 1. The van der Waals surface area contributed by atoms with Crippen molar-refractivity contribution in [2.45, 2.75) is 0 Å². The molecule has 0 radical (unpaired) electrons. The summed E-state index contributed by atoms with van der Waals surface area (Å²) in [5.41, 5.74) is 13.0. The Morgan fingerprint density at radius 1 is 0.442 bits per heavy atom. The molecule has 4 nitrogen and oxygen atoms in total. The van der Waals surface area contributed by atoms with Crippen molar-refractivity contribution < 1.29 is 0 Å². The number of benzene rings is 7. The normalized spacial score (nSPS) is 11.4. The highest BCUT2D eigenvalue weighted by Crippen LogP contribution is 2.44. The van der Waals surface area contributed by atoms with Crippen LogP contribution in [0.15, 0.2) is 182 Å². The number of hydrogen-bond donors (Lipinski definition) is 0. The standard InChI is InChI=1S/C48H30N4/c49-31-32-24-26-45(40(28-32)35-29-41(33-14-4-1-5-15-33)50-42(30-35)34-16-6-2-7-17-34)52-43-22-12-10-20-37(43)38-25-27-46-47(48(38)52)39-21-11-13-23-44(39)51(46)36-18-8-3-9-19-36/h1-30H. The summed E-state index contributed by atoms with van der Waals surface area (Å²) in [5.74, 6) is 0. The Kier molecular flexibility index (Phi) is 6.84. The Morgan fingerprint density at radius 2 is 1.02 bits per heavy atom. The zero-order valence-corrected chi connectivity index (χ0v) is 28.1. The van der Waals surface area contributed by atoms with E-state index in [0.29, 0.717) is 5.56 Å². The van der Waals surface area contributed by atoms with Crippen LogP contribution in [-0.2, 0) is 0 Å². The first-order valence-electron chi connectivity index (χ1n) is 17.5. The minimum atomic E-state index is 0.602. The summed E-state index contributed by atoms with van der Waals surface area (Å²) < 4.78 is 4.78. The van der Waals surface area contributed by atoms with E-state index in [0.717, 1.165) is 67.1 Å². The Bertz CT molecular complexity index is 2940. The number of fused-ring (bicyclic) bond motifs is 7. The smallest absolute Gasteiger partial charge is 0.0991 e. The molecule has 0 atom stereocenters. The molecule has 0 N–H and O–H groups in total. The summed E-state index contributed by atoms with van der Waals surface area (Å²) >= 11 is 0. The molecule has 0 aliphatic carbocycles. The lowest BCUT2D eigenvalue weighted by molar-refractivity contribution is 1.17. The van der Waals surface area contributed by atoms with Crippen LogP contribution in [0.3, 0.4) is 0 Å². The summed E-state index contributed by atoms with van der Waals surface area (Å²) in [5, 5.41) is 15.0. The van der Waals surface area contributed by atoms with Crippen molar-refractivity contribution in [1.29, 1.82) is 5.26 Å². The summed E-state index contributed by atoms with van der Waals surface area (Å²) in [7, 11) is 0. The van der Waals surface area contributed by atoms with Gasteiger partial charge in [-0.15, -0.1) is 0 Å². The zero-order valence-electron chi connectivity index (χ0n) is 28.1. The van der Waals surface area contributed by atoms with Crippen LogP contribution in [0.2, 0.25) is 0 Å². The second-order valence-corrected chi connectivity index (χ2v) is 13.1. The van der Waals surface area contributed by atoms with Crippen LogP contribution in [-0.4, -0.2) is 14.1 Å². The van der Waals surface area contributed by atoms with Crippen molar-refractivity contribution in [2.24, 2.45) is 0 Å². The predicted octanol–water partition coefficient (Wildman–Crippen LogP) is 12.1. The third-order valence-corrected chi connectivity index (χ3v) is 10.1. The van der Waals surface area contributed by atoms with E-state index in [1.807, 2.05) is 48.5 Å². The molecule has 7 aromatic carbocycles. The fourth-order valence-corrected chi connectivity index (χ4v) is 7.85. The Morgan fingerprint density at radius 3 is 1.67 bits per heavy atom. The Hall–Kier alpha value is -7.22. The maximum atomic E-state index is 10.2. The first-order chi connectivity index (χ1) is 25.8. The van der Waals surface area contributed by atoms with Gasteiger partial charge in [-0.2, -0.15) is 5.26 Å². The van der Waals surface area contributed by atoms with Crippen molar-refractivity contribution in [3.05, 3.63) is 188 Å². The molecule has 0 amide bonds. The van der Waals surface area contributed by atoms with E-state index < -0.39 is 0 Å². The SMILES string of the molecule is N#Cc1ccc(-n2c3ccccc3c3ccc4c(c5ccccc5n4-c4ccccc4)c32)c(-c2cc(-c3ccccc3)nc(-c3ccccc3)c2)c1. The second kappa shape index (κ2) is 12.0. The molecular weight excluding hydrogens is 633 g/mol. The van der Waals surface area contributed by atoms with Crippen LogP contribution < -0.4 is 0 Å². The minimum Gasteiger partial charge on any atom is -0.309 e. The molecule has 0 spiro atoms. The molecule has 0 unspecified atom stereocenters. The maximum Gasteiger partial charge on any atom is 0.0991 e. The van der Waals surface area contributed by atoms with Gasteiger partial charge < -0.3 is 9.13 Å². The molecule has 0 fully saturated rings. The molecular formula is C48H30N4. The van der Waals surface area contributed by atoms with Gasteiger partial charge in [-0.25, -0.2) is 4.98 Å². The average Bonchev–Trinajstić information content (AvgIpc) is 3.74. The van der Waals surface area contributed by atoms with Crippen LogP contribution in [0.5, 0.6) is 0 Å². The van der Waals surface area contributed by atoms with E-state index in [2.05, 4.69) is 149 Å². The van der Waals surface area contributed by atoms with Crippen molar-refractivity contribution in [3.63, 3.8) is 0 Å². The zero-order chi connectivity index (χ0) is 34.6. The van der Waals surface area contributed by atoms with E-state index in [9.17, 15) is 5.26 Å². The van der Waals surface area contributed by atoms with Gasteiger partial charge in [-0.1, -0.05) is 121 Å².